The lowest BCUT2D eigenvalue weighted by Crippen LogP contribution is -2.37. The van der Waals surface area contributed by atoms with Gasteiger partial charge in [-0.3, -0.25) is 4.79 Å². The molecule has 0 unspecified atom stereocenters. The van der Waals surface area contributed by atoms with Crippen LogP contribution in [0.25, 0.3) is 0 Å². The lowest BCUT2D eigenvalue weighted by atomic mass is 10.0. The molecule has 5 nitrogen and oxygen atoms in total. The highest BCUT2D eigenvalue weighted by Crippen LogP contribution is 2.31. The maximum absolute atomic E-state index is 13.5. The van der Waals surface area contributed by atoms with Crippen molar-refractivity contribution in [3.05, 3.63) is 52.6 Å². The number of rotatable bonds is 3. The van der Waals surface area contributed by atoms with Crippen molar-refractivity contribution >= 4 is 17.5 Å². The molecule has 0 radical (unpaired) electrons. The average Bonchev–Trinajstić information content (AvgIpc) is 3.13. The Kier molecular flexibility index (Phi) is 3.90. The number of aromatic nitrogens is 1. The van der Waals surface area contributed by atoms with Crippen LogP contribution in [-0.2, 0) is 4.74 Å². The molecule has 1 aliphatic rings. The van der Waals surface area contributed by atoms with E-state index in [1.807, 2.05) is 0 Å². The summed E-state index contributed by atoms with van der Waals surface area (Å²) in [6, 6.07) is 5.71. The van der Waals surface area contributed by atoms with Crippen LogP contribution < -0.4 is 5.32 Å². The number of halogens is 2. The third-order valence-electron chi connectivity index (χ3n) is 3.35. The maximum atomic E-state index is 13.5. The van der Waals surface area contributed by atoms with Crippen molar-refractivity contribution < 1.29 is 18.4 Å². The van der Waals surface area contributed by atoms with Crippen LogP contribution in [-0.4, -0.2) is 23.7 Å². The largest absolute Gasteiger partial charge is 0.371 e. The molecular weight excluding hydrogens is 299 g/mol. The highest BCUT2D eigenvalue weighted by atomic mass is 35.5. The van der Waals surface area contributed by atoms with Gasteiger partial charge in [-0.15, -0.1) is 0 Å². The van der Waals surface area contributed by atoms with Gasteiger partial charge in [0.1, 0.15) is 18.2 Å². The van der Waals surface area contributed by atoms with Gasteiger partial charge in [0.05, 0.1) is 11.1 Å². The second kappa shape index (κ2) is 5.83. The van der Waals surface area contributed by atoms with Gasteiger partial charge in [0.15, 0.2) is 5.69 Å². The van der Waals surface area contributed by atoms with Gasteiger partial charge >= 0.3 is 0 Å². The number of ether oxygens (including phenoxy) is 1. The van der Waals surface area contributed by atoms with E-state index >= 15 is 0 Å². The Hall–Kier alpha value is -1.92. The molecule has 3 rings (SSSR count). The first kappa shape index (κ1) is 14.0. The van der Waals surface area contributed by atoms with E-state index in [-0.39, 0.29) is 22.7 Å². The van der Waals surface area contributed by atoms with Gasteiger partial charge in [-0.2, -0.15) is 0 Å². The van der Waals surface area contributed by atoms with Gasteiger partial charge in [0, 0.05) is 12.7 Å². The second-order valence-corrected chi connectivity index (χ2v) is 5.13. The molecule has 1 aromatic heterocycles. The molecule has 2 aromatic rings. The van der Waals surface area contributed by atoms with Crippen LogP contribution in [0.15, 0.2) is 35.1 Å². The molecule has 1 aromatic carbocycles. The second-order valence-electron chi connectivity index (χ2n) is 4.72. The fourth-order valence-electron chi connectivity index (χ4n) is 2.33. The molecule has 1 aliphatic heterocycles. The molecule has 1 N–H and O–H groups in total. The van der Waals surface area contributed by atoms with Crippen molar-refractivity contribution in [1.82, 2.24) is 10.5 Å². The average molecular weight is 311 g/mol. The summed E-state index contributed by atoms with van der Waals surface area (Å²) in [5, 5.41) is 6.45. The number of carbonyl (C=O) groups excluding carboxylic acids is 1. The number of hydrogen-bond donors (Lipinski definition) is 1. The van der Waals surface area contributed by atoms with Crippen LogP contribution in [0.5, 0.6) is 0 Å². The SMILES string of the molecule is O=C(N[C@H]1CCO[C@H]1c1ccc(Cl)c(F)c1)c1ccon1. The molecule has 0 spiro atoms. The Morgan fingerprint density at radius 2 is 2.29 bits per heavy atom. The van der Waals surface area contributed by atoms with Gasteiger partial charge in [-0.1, -0.05) is 22.8 Å². The zero-order valence-corrected chi connectivity index (χ0v) is 11.6. The molecule has 110 valence electrons. The van der Waals surface area contributed by atoms with E-state index in [1.165, 1.54) is 24.5 Å². The van der Waals surface area contributed by atoms with Crippen molar-refractivity contribution in [2.45, 2.75) is 18.6 Å². The Bertz CT molecular complexity index is 648. The number of carbonyl (C=O) groups is 1. The lowest BCUT2D eigenvalue weighted by molar-refractivity contribution is 0.0814. The van der Waals surface area contributed by atoms with Crippen LogP contribution >= 0.6 is 11.6 Å². The molecule has 0 saturated carbocycles. The minimum Gasteiger partial charge on any atom is -0.371 e. The van der Waals surface area contributed by atoms with Crippen molar-refractivity contribution in [2.75, 3.05) is 6.61 Å². The van der Waals surface area contributed by atoms with Crippen molar-refractivity contribution in [2.24, 2.45) is 0 Å². The Labute approximate surface area is 125 Å². The van der Waals surface area contributed by atoms with E-state index in [0.29, 0.717) is 18.6 Å². The molecule has 1 amide bonds. The van der Waals surface area contributed by atoms with E-state index < -0.39 is 11.9 Å². The maximum Gasteiger partial charge on any atom is 0.273 e. The summed E-state index contributed by atoms with van der Waals surface area (Å²) in [6.45, 7) is 0.485. The normalized spacial score (nSPS) is 21.4. The quantitative estimate of drug-likeness (QED) is 0.946. The fourth-order valence-corrected chi connectivity index (χ4v) is 2.44. The number of benzene rings is 1. The molecule has 2 atom stereocenters. The van der Waals surface area contributed by atoms with E-state index in [4.69, 9.17) is 16.3 Å². The Morgan fingerprint density at radius 1 is 1.43 bits per heavy atom. The highest BCUT2D eigenvalue weighted by Gasteiger charge is 2.32. The van der Waals surface area contributed by atoms with Crippen LogP contribution in [0.4, 0.5) is 4.39 Å². The topological polar surface area (TPSA) is 64.4 Å². The highest BCUT2D eigenvalue weighted by molar-refractivity contribution is 6.30. The summed E-state index contributed by atoms with van der Waals surface area (Å²) in [7, 11) is 0. The summed E-state index contributed by atoms with van der Waals surface area (Å²) in [5.41, 5.74) is 0.836. The van der Waals surface area contributed by atoms with E-state index in [1.54, 1.807) is 6.07 Å². The van der Waals surface area contributed by atoms with Crippen LogP contribution in [0, 0.1) is 5.82 Å². The van der Waals surface area contributed by atoms with Crippen LogP contribution in [0.2, 0.25) is 5.02 Å². The third-order valence-corrected chi connectivity index (χ3v) is 3.66. The summed E-state index contributed by atoms with van der Waals surface area (Å²) >= 11 is 5.67. The van der Waals surface area contributed by atoms with E-state index in [0.717, 1.165) is 0 Å². The summed E-state index contributed by atoms with van der Waals surface area (Å²) in [4.78, 5) is 12.0. The number of nitrogens with one attached hydrogen (secondary N) is 1. The number of amides is 1. The van der Waals surface area contributed by atoms with Crippen LogP contribution in [0.3, 0.4) is 0 Å². The predicted molar refractivity (Wildman–Crippen MR) is 72.5 cm³/mol. The van der Waals surface area contributed by atoms with Gasteiger partial charge in [0.25, 0.3) is 5.91 Å². The van der Waals surface area contributed by atoms with Crippen molar-refractivity contribution in [1.29, 1.82) is 0 Å². The van der Waals surface area contributed by atoms with E-state index in [9.17, 15) is 9.18 Å². The molecule has 0 bridgehead atoms. The first-order chi connectivity index (χ1) is 10.1. The summed E-state index contributed by atoms with van der Waals surface area (Å²) in [5.74, 6) is -0.857. The molecule has 1 saturated heterocycles. The van der Waals surface area contributed by atoms with Crippen molar-refractivity contribution in [3.8, 4) is 0 Å². The van der Waals surface area contributed by atoms with Gasteiger partial charge in [0.2, 0.25) is 0 Å². The minimum absolute atomic E-state index is 0.0555. The Morgan fingerprint density at radius 3 is 3.00 bits per heavy atom. The molecular formula is C14H12ClFN2O3. The van der Waals surface area contributed by atoms with Crippen LogP contribution in [0.1, 0.15) is 28.6 Å². The molecule has 0 aliphatic carbocycles. The van der Waals surface area contributed by atoms with Gasteiger partial charge in [-0.05, 0) is 24.1 Å². The summed E-state index contributed by atoms with van der Waals surface area (Å²) in [6.07, 6.45) is 1.55. The molecule has 2 heterocycles. The standard InChI is InChI=1S/C14H12ClFN2O3/c15-9-2-1-8(7-10(9)16)13-11(3-5-20-13)17-14(19)12-4-6-21-18-12/h1-2,4,6-7,11,13H,3,5H2,(H,17,19)/t11-,13-/m0/s1. The molecule has 7 heteroatoms. The van der Waals surface area contributed by atoms with Gasteiger partial charge < -0.3 is 14.6 Å². The monoisotopic (exact) mass is 310 g/mol. The number of hydrogen-bond acceptors (Lipinski definition) is 4. The molecule has 21 heavy (non-hydrogen) atoms. The van der Waals surface area contributed by atoms with Crippen molar-refractivity contribution in [3.63, 3.8) is 0 Å². The third kappa shape index (κ3) is 2.91. The zero-order chi connectivity index (χ0) is 14.8. The first-order valence-corrected chi connectivity index (χ1v) is 6.81. The minimum atomic E-state index is -0.508. The number of nitrogens with zero attached hydrogens (tertiary/aromatic N) is 1. The predicted octanol–water partition coefficient (Wildman–Crippen LogP) is 2.73. The zero-order valence-electron chi connectivity index (χ0n) is 10.9. The molecule has 1 fully saturated rings. The Balaban J connectivity index is 1.76. The summed E-state index contributed by atoms with van der Waals surface area (Å²) < 4.78 is 23.8. The first-order valence-electron chi connectivity index (χ1n) is 6.43. The van der Waals surface area contributed by atoms with E-state index in [2.05, 4.69) is 15.0 Å². The fraction of sp³-hybridized carbons (Fsp3) is 0.286. The van der Waals surface area contributed by atoms with Gasteiger partial charge in [-0.25, -0.2) is 4.39 Å². The smallest absolute Gasteiger partial charge is 0.273 e. The lowest BCUT2D eigenvalue weighted by Gasteiger charge is -2.20.